The van der Waals surface area contributed by atoms with E-state index in [0.717, 1.165) is 5.92 Å². The van der Waals surface area contributed by atoms with Crippen LogP contribution in [-0.2, 0) is 0 Å². The molecule has 0 bridgehead atoms. The molecule has 1 N–H and O–H groups in total. The average Bonchev–Trinajstić information content (AvgIpc) is 2.77. The van der Waals surface area contributed by atoms with Crippen LogP contribution in [0.2, 0.25) is 0 Å². The summed E-state index contributed by atoms with van der Waals surface area (Å²) in [5.74, 6) is 1.00. The van der Waals surface area contributed by atoms with Crippen LogP contribution in [0.3, 0.4) is 0 Å². The Labute approximate surface area is 88.7 Å². The minimum absolute atomic E-state index is 0.638. The highest BCUT2D eigenvalue weighted by molar-refractivity contribution is 4.83. The van der Waals surface area contributed by atoms with Gasteiger partial charge in [0, 0.05) is 6.54 Å². The highest BCUT2D eigenvalue weighted by atomic mass is 14.9. The second kappa shape index (κ2) is 4.65. The van der Waals surface area contributed by atoms with E-state index in [1.165, 1.54) is 64.5 Å². The zero-order valence-corrected chi connectivity index (χ0v) is 9.65. The van der Waals surface area contributed by atoms with Crippen molar-refractivity contribution in [3.63, 3.8) is 0 Å². The summed E-state index contributed by atoms with van der Waals surface area (Å²) >= 11 is 0. The summed E-state index contributed by atoms with van der Waals surface area (Å²) < 4.78 is 0. The summed E-state index contributed by atoms with van der Waals surface area (Å²) in [5, 5.41) is 3.71. The lowest BCUT2D eigenvalue weighted by Crippen LogP contribution is -2.32. The zero-order chi connectivity index (χ0) is 9.86. The van der Waals surface area contributed by atoms with Crippen LogP contribution >= 0.6 is 0 Å². The van der Waals surface area contributed by atoms with Crippen LogP contribution in [0, 0.1) is 11.3 Å². The fourth-order valence-corrected chi connectivity index (χ4v) is 3.20. The van der Waals surface area contributed by atoms with E-state index in [2.05, 4.69) is 12.2 Å². The molecule has 0 spiro atoms. The van der Waals surface area contributed by atoms with Crippen molar-refractivity contribution in [3.05, 3.63) is 0 Å². The van der Waals surface area contributed by atoms with Gasteiger partial charge in [-0.1, -0.05) is 32.6 Å². The summed E-state index contributed by atoms with van der Waals surface area (Å²) in [6.07, 6.45) is 11.7. The fraction of sp³-hybridized carbons (Fsp3) is 1.00. The van der Waals surface area contributed by atoms with E-state index in [-0.39, 0.29) is 0 Å². The highest BCUT2D eigenvalue weighted by Crippen LogP contribution is 2.36. The quantitative estimate of drug-likeness (QED) is 0.725. The van der Waals surface area contributed by atoms with Gasteiger partial charge < -0.3 is 5.32 Å². The van der Waals surface area contributed by atoms with Gasteiger partial charge in [-0.05, 0) is 43.6 Å². The summed E-state index contributed by atoms with van der Waals surface area (Å²) in [5.41, 5.74) is 0.638. The van der Waals surface area contributed by atoms with Gasteiger partial charge in [0.05, 0.1) is 0 Å². The molecule has 0 heterocycles. The Kier molecular flexibility index (Phi) is 3.48. The topological polar surface area (TPSA) is 12.0 Å². The molecular weight excluding hydrogens is 170 g/mol. The third-order valence-corrected chi connectivity index (χ3v) is 4.27. The van der Waals surface area contributed by atoms with E-state index in [1.54, 1.807) is 0 Å². The summed E-state index contributed by atoms with van der Waals surface area (Å²) in [7, 11) is 0. The Hall–Kier alpha value is -0.0400. The molecule has 1 heteroatoms. The van der Waals surface area contributed by atoms with E-state index in [0.29, 0.717) is 5.41 Å². The number of hydrogen-bond donors (Lipinski definition) is 1. The standard InChI is InChI=1S/C13H25N/c1-13(8-4-5-9-13)11-14-10-12-6-2-3-7-12/h12,14H,2-11H2,1H3. The van der Waals surface area contributed by atoms with Gasteiger partial charge in [0.25, 0.3) is 0 Å². The Morgan fingerprint density at radius 2 is 1.71 bits per heavy atom. The molecule has 0 aromatic rings. The Morgan fingerprint density at radius 3 is 2.36 bits per heavy atom. The van der Waals surface area contributed by atoms with Crippen molar-refractivity contribution in [2.75, 3.05) is 13.1 Å². The second-order valence-corrected chi connectivity index (χ2v) is 5.80. The van der Waals surface area contributed by atoms with Crippen LogP contribution in [0.4, 0.5) is 0 Å². The predicted molar refractivity (Wildman–Crippen MR) is 61.4 cm³/mol. The van der Waals surface area contributed by atoms with Crippen LogP contribution in [-0.4, -0.2) is 13.1 Å². The van der Waals surface area contributed by atoms with Crippen LogP contribution in [0.5, 0.6) is 0 Å². The maximum absolute atomic E-state index is 3.71. The molecule has 0 aromatic carbocycles. The molecule has 0 amide bonds. The third-order valence-electron chi connectivity index (χ3n) is 4.27. The minimum atomic E-state index is 0.638. The molecule has 2 rings (SSSR count). The van der Waals surface area contributed by atoms with Crippen molar-refractivity contribution < 1.29 is 0 Å². The summed E-state index contributed by atoms with van der Waals surface area (Å²) in [4.78, 5) is 0. The maximum Gasteiger partial charge on any atom is 0.000527 e. The van der Waals surface area contributed by atoms with Gasteiger partial charge in [-0.15, -0.1) is 0 Å². The van der Waals surface area contributed by atoms with E-state index in [9.17, 15) is 0 Å². The first-order chi connectivity index (χ1) is 6.79. The van der Waals surface area contributed by atoms with Crippen LogP contribution in [0.25, 0.3) is 0 Å². The predicted octanol–water partition coefficient (Wildman–Crippen LogP) is 3.35. The maximum atomic E-state index is 3.71. The summed E-state index contributed by atoms with van der Waals surface area (Å²) in [6.45, 7) is 5.01. The first-order valence-electron chi connectivity index (χ1n) is 6.49. The van der Waals surface area contributed by atoms with Crippen molar-refractivity contribution in [1.29, 1.82) is 0 Å². The van der Waals surface area contributed by atoms with Gasteiger partial charge >= 0.3 is 0 Å². The van der Waals surface area contributed by atoms with E-state index in [4.69, 9.17) is 0 Å². The lowest BCUT2D eigenvalue weighted by atomic mass is 9.89. The molecule has 0 radical (unpaired) electrons. The van der Waals surface area contributed by atoms with Crippen molar-refractivity contribution in [1.82, 2.24) is 5.32 Å². The van der Waals surface area contributed by atoms with Crippen LogP contribution in [0.15, 0.2) is 0 Å². The van der Waals surface area contributed by atoms with Gasteiger partial charge in [-0.3, -0.25) is 0 Å². The molecule has 2 aliphatic rings. The lowest BCUT2D eigenvalue weighted by Gasteiger charge is -2.24. The van der Waals surface area contributed by atoms with Crippen molar-refractivity contribution >= 4 is 0 Å². The summed E-state index contributed by atoms with van der Waals surface area (Å²) in [6, 6.07) is 0. The molecule has 82 valence electrons. The van der Waals surface area contributed by atoms with E-state index in [1.807, 2.05) is 0 Å². The number of hydrogen-bond acceptors (Lipinski definition) is 1. The SMILES string of the molecule is CC1(CNCC2CCCC2)CCCC1. The van der Waals surface area contributed by atoms with E-state index >= 15 is 0 Å². The average molecular weight is 195 g/mol. The molecule has 0 unspecified atom stereocenters. The van der Waals surface area contributed by atoms with Gasteiger partial charge in [-0.25, -0.2) is 0 Å². The van der Waals surface area contributed by atoms with Gasteiger partial charge in [-0.2, -0.15) is 0 Å². The molecular formula is C13H25N. The highest BCUT2D eigenvalue weighted by Gasteiger charge is 2.28. The Bertz CT molecular complexity index is 164. The fourth-order valence-electron chi connectivity index (χ4n) is 3.20. The van der Waals surface area contributed by atoms with Crippen molar-refractivity contribution in [3.8, 4) is 0 Å². The molecule has 14 heavy (non-hydrogen) atoms. The monoisotopic (exact) mass is 195 g/mol. The third kappa shape index (κ3) is 2.73. The first kappa shape index (κ1) is 10.5. The smallest absolute Gasteiger partial charge is 0.000527 e. The molecule has 0 aromatic heterocycles. The van der Waals surface area contributed by atoms with Gasteiger partial charge in [0.1, 0.15) is 0 Å². The van der Waals surface area contributed by atoms with Gasteiger partial charge in [0.15, 0.2) is 0 Å². The molecule has 0 aliphatic heterocycles. The van der Waals surface area contributed by atoms with E-state index < -0.39 is 0 Å². The minimum Gasteiger partial charge on any atom is -0.316 e. The molecule has 2 aliphatic carbocycles. The number of rotatable bonds is 4. The van der Waals surface area contributed by atoms with Crippen LogP contribution in [0.1, 0.15) is 58.3 Å². The van der Waals surface area contributed by atoms with Crippen LogP contribution < -0.4 is 5.32 Å². The molecule has 0 atom stereocenters. The first-order valence-corrected chi connectivity index (χ1v) is 6.49. The Balaban J connectivity index is 1.61. The number of nitrogens with one attached hydrogen (secondary N) is 1. The normalized spacial score (nSPS) is 27.2. The van der Waals surface area contributed by atoms with Gasteiger partial charge in [0.2, 0.25) is 0 Å². The lowest BCUT2D eigenvalue weighted by molar-refractivity contribution is 0.304. The molecule has 2 fully saturated rings. The molecule has 0 saturated heterocycles. The van der Waals surface area contributed by atoms with Crippen molar-refractivity contribution in [2.24, 2.45) is 11.3 Å². The largest absolute Gasteiger partial charge is 0.316 e. The molecule has 1 nitrogen and oxygen atoms in total. The zero-order valence-electron chi connectivity index (χ0n) is 9.65. The second-order valence-electron chi connectivity index (χ2n) is 5.80. The van der Waals surface area contributed by atoms with Crippen molar-refractivity contribution in [2.45, 2.75) is 58.3 Å². The molecule has 2 saturated carbocycles. The Morgan fingerprint density at radius 1 is 1.07 bits per heavy atom.